The quantitative estimate of drug-likeness (QED) is 0.424. The van der Waals surface area contributed by atoms with Gasteiger partial charge in [-0.25, -0.2) is 13.4 Å². The zero-order chi connectivity index (χ0) is 27.3. The number of benzene rings is 1. The molecule has 4 rings (SSSR count). The summed E-state index contributed by atoms with van der Waals surface area (Å²) in [6.07, 6.45) is 4.44. The Morgan fingerprint density at radius 1 is 1.21 bits per heavy atom. The van der Waals surface area contributed by atoms with Gasteiger partial charge in [-0.15, -0.1) is 0 Å². The number of ether oxygens (including phenoxy) is 1. The molecule has 2 heterocycles. The zero-order valence-electron chi connectivity index (χ0n) is 22.9. The second kappa shape index (κ2) is 12.4. The smallest absolute Gasteiger partial charge is 0.251 e. The number of carbonyl (C=O) groups excluding carboxylic acids is 1. The van der Waals surface area contributed by atoms with Gasteiger partial charge in [0.15, 0.2) is 0 Å². The van der Waals surface area contributed by atoms with Crippen molar-refractivity contribution in [2.24, 2.45) is 11.8 Å². The van der Waals surface area contributed by atoms with Crippen LogP contribution in [0.4, 0.5) is 11.6 Å². The van der Waals surface area contributed by atoms with Crippen LogP contribution in [0.25, 0.3) is 0 Å². The lowest BCUT2D eigenvalue weighted by Crippen LogP contribution is -2.47. The van der Waals surface area contributed by atoms with E-state index >= 15 is 0 Å². The van der Waals surface area contributed by atoms with Crippen LogP contribution in [0.2, 0.25) is 0 Å². The minimum atomic E-state index is -3.56. The predicted molar refractivity (Wildman–Crippen MR) is 151 cm³/mol. The van der Waals surface area contributed by atoms with E-state index in [9.17, 15) is 13.2 Å². The molecule has 2 aliphatic rings. The molecule has 0 bridgehead atoms. The fraction of sp³-hybridized carbons (Fsp3) is 0.571. The molecule has 1 unspecified atom stereocenters. The summed E-state index contributed by atoms with van der Waals surface area (Å²) in [7, 11) is -0.445. The number of nitrogens with one attached hydrogen (secondary N) is 2. The molecule has 0 spiro atoms. The van der Waals surface area contributed by atoms with Gasteiger partial charge in [0.2, 0.25) is 10.0 Å². The standard InChI is InChI=1S/C28H41N5O4S/c1-20-15-23(20)19-33(13-14-37-3)27-17-22(16-26(31-27)32(2)38(4,35)36)28(34)30-18-25-24(11-8-12-29-25)21-9-6-5-7-10-21/h5-7,9-10,16-17,20,23-25,29H,8,11-15,18-19H2,1-4H3,(H,30,34)/t20-,23?,24-,25+/m0/s1. The minimum absolute atomic E-state index is 0.115. The molecule has 10 heteroatoms. The van der Waals surface area contributed by atoms with Gasteiger partial charge in [0.05, 0.1) is 12.9 Å². The first-order chi connectivity index (χ1) is 18.2. The Bertz CT molecular complexity index is 1190. The Morgan fingerprint density at radius 3 is 2.58 bits per heavy atom. The van der Waals surface area contributed by atoms with Crippen LogP contribution in [0.1, 0.15) is 48.0 Å². The van der Waals surface area contributed by atoms with Crippen molar-refractivity contribution in [2.75, 3.05) is 62.4 Å². The van der Waals surface area contributed by atoms with Gasteiger partial charge >= 0.3 is 0 Å². The molecular formula is C28H41N5O4S. The van der Waals surface area contributed by atoms with Crippen LogP contribution < -0.4 is 19.8 Å². The van der Waals surface area contributed by atoms with Crippen LogP contribution in [0.3, 0.4) is 0 Å². The third-order valence-electron chi connectivity index (χ3n) is 7.80. The number of piperidine rings is 1. The summed E-state index contributed by atoms with van der Waals surface area (Å²) < 4.78 is 31.1. The Morgan fingerprint density at radius 2 is 1.92 bits per heavy atom. The molecule has 0 radical (unpaired) electrons. The van der Waals surface area contributed by atoms with Gasteiger partial charge in [0, 0.05) is 51.3 Å². The number of anilines is 2. The van der Waals surface area contributed by atoms with E-state index in [1.165, 1.54) is 12.6 Å². The predicted octanol–water partition coefficient (Wildman–Crippen LogP) is 2.85. The van der Waals surface area contributed by atoms with Crippen LogP contribution in [0.5, 0.6) is 0 Å². The molecule has 1 saturated heterocycles. The monoisotopic (exact) mass is 543 g/mol. The van der Waals surface area contributed by atoms with Crippen LogP contribution in [-0.2, 0) is 14.8 Å². The maximum absolute atomic E-state index is 13.5. The Labute approximate surface area is 227 Å². The van der Waals surface area contributed by atoms with Gasteiger partial charge in [-0.2, -0.15) is 0 Å². The van der Waals surface area contributed by atoms with Crippen molar-refractivity contribution >= 4 is 27.6 Å². The molecule has 4 atom stereocenters. The van der Waals surface area contributed by atoms with Crippen molar-refractivity contribution in [1.82, 2.24) is 15.6 Å². The number of sulfonamides is 1. The molecule has 208 valence electrons. The molecule has 38 heavy (non-hydrogen) atoms. The lowest BCUT2D eigenvalue weighted by atomic mass is 9.84. The first kappa shape index (κ1) is 28.3. The molecule has 9 nitrogen and oxygen atoms in total. The van der Waals surface area contributed by atoms with E-state index in [4.69, 9.17) is 4.74 Å². The normalized spacial score (nSPS) is 23.1. The van der Waals surface area contributed by atoms with E-state index in [1.54, 1.807) is 19.2 Å². The van der Waals surface area contributed by atoms with Crippen molar-refractivity contribution in [3.8, 4) is 0 Å². The van der Waals surface area contributed by atoms with Gasteiger partial charge in [-0.1, -0.05) is 37.3 Å². The molecule has 1 aromatic carbocycles. The van der Waals surface area contributed by atoms with Crippen LogP contribution in [-0.4, -0.2) is 78.5 Å². The van der Waals surface area contributed by atoms with Gasteiger partial charge in [-0.3, -0.25) is 9.10 Å². The van der Waals surface area contributed by atoms with E-state index in [0.29, 0.717) is 48.8 Å². The average molecular weight is 544 g/mol. The number of nitrogens with zero attached hydrogens (tertiary/aromatic N) is 3. The Hall–Kier alpha value is -2.69. The first-order valence-electron chi connectivity index (χ1n) is 13.4. The molecule has 1 saturated carbocycles. The van der Waals surface area contributed by atoms with E-state index < -0.39 is 10.0 Å². The number of amides is 1. The summed E-state index contributed by atoms with van der Waals surface area (Å²) in [6.45, 7) is 5.51. The van der Waals surface area contributed by atoms with Crippen LogP contribution in [0, 0.1) is 11.8 Å². The summed E-state index contributed by atoms with van der Waals surface area (Å²) in [4.78, 5) is 20.2. The summed E-state index contributed by atoms with van der Waals surface area (Å²) in [5, 5.41) is 6.68. The molecule has 2 N–H and O–H groups in total. The number of pyridine rings is 1. The highest BCUT2D eigenvalue weighted by molar-refractivity contribution is 7.92. The minimum Gasteiger partial charge on any atom is -0.383 e. The molecule has 1 aliphatic carbocycles. The molecule has 2 fully saturated rings. The van der Waals surface area contributed by atoms with E-state index in [0.717, 1.165) is 42.9 Å². The molecule has 1 aliphatic heterocycles. The van der Waals surface area contributed by atoms with E-state index in [2.05, 4.69) is 51.7 Å². The SMILES string of the molecule is COCCN(CC1C[C@@H]1C)c1cc(C(=O)NC[C@H]2NCCC[C@H]2c2ccccc2)cc(N(C)S(C)(=O)=O)n1. The molecule has 1 amide bonds. The third-order valence-corrected chi connectivity index (χ3v) is 8.98. The third kappa shape index (κ3) is 7.24. The zero-order valence-corrected chi connectivity index (χ0v) is 23.7. The highest BCUT2D eigenvalue weighted by Crippen LogP contribution is 2.39. The Balaban J connectivity index is 1.57. The van der Waals surface area contributed by atoms with Crippen molar-refractivity contribution < 1.29 is 17.9 Å². The summed E-state index contributed by atoms with van der Waals surface area (Å²) in [6, 6.07) is 13.8. The summed E-state index contributed by atoms with van der Waals surface area (Å²) in [5.41, 5.74) is 1.66. The highest BCUT2D eigenvalue weighted by Gasteiger charge is 2.34. The van der Waals surface area contributed by atoms with Gasteiger partial charge in [-0.05, 0) is 55.3 Å². The number of hydrogen-bond acceptors (Lipinski definition) is 7. The van der Waals surface area contributed by atoms with Crippen LogP contribution >= 0.6 is 0 Å². The van der Waals surface area contributed by atoms with Crippen LogP contribution in [0.15, 0.2) is 42.5 Å². The highest BCUT2D eigenvalue weighted by atomic mass is 32.2. The lowest BCUT2D eigenvalue weighted by Gasteiger charge is -2.33. The first-order valence-corrected chi connectivity index (χ1v) is 15.3. The lowest BCUT2D eigenvalue weighted by molar-refractivity contribution is 0.0946. The molecule has 2 aromatic rings. The maximum atomic E-state index is 13.5. The molecule has 1 aromatic heterocycles. The maximum Gasteiger partial charge on any atom is 0.251 e. The largest absolute Gasteiger partial charge is 0.383 e. The summed E-state index contributed by atoms with van der Waals surface area (Å²) in [5.74, 6) is 2.06. The number of rotatable bonds is 12. The van der Waals surface area contributed by atoms with E-state index in [-0.39, 0.29) is 17.8 Å². The number of carbonyl (C=O) groups is 1. The van der Waals surface area contributed by atoms with Gasteiger partial charge in [0.1, 0.15) is 11.6 Å². The topological polar surface area (TPSA) is 104 Å². The van der Waals surface area contributed by atoms with Crippen molar-refractivity contribution in [2.45, 2.75) is 38.1 Å². The van der Waals surface area contributed by atoms with E-state index in [1.807, 2.05) is 6.07 Å². The second-order valence-electron chi connectivity index (χ2n) is 10.6. The Kier molecular flexibility index (Phi) is 9.27. The van der Waals surface area contributed by atoms with Crippen molar-refractivity contribution in [3.05, 3.63) is 53.6 Å². The average Bonchev–Trinajstić information content (AvgIpc) is 3.63. The molecular weight excluding hydrogens is 502 g/mol. The van der Waals surface area contributed by atoms with Crippen molar-refractivity contribution in [3.63, 3.8) is 0 Å². The fourth-order valence-corrected chi connectivity index (χ4v) is 5.57. The number of aromatic nitrogens is 1. The van der Waals surface area contributed by atoms with Gasteiger partial charge < -0.3 is 20.3 Å². The summed E-state index contributed by atoms with van der Waals surface area (Å²) >= 11 is 0. The van der Waals surface area contributed by atoms with Crippen molar-refractivity contribution in [1.29, 1.82) is 0 Å². The fourth-order valence-electron chi connectivity index (χ4n) is 5.13. The van der Waals surface area contributed by atoms with Gasteiger partial charge in [0.25, 0.3) is 5.91 Å². The number of hydrogen-bond donors (Lipinski definition) is 2. The number of methoxy groups -OCH3 is 1. The second-order valence-corrected chi connectivity index (χ2v) is 12.7.